The average Bonchev–Trinajstić information content (AvgIpc) is 1.88. The number of aliphatic hydroxyl groups is 1. The van der Waals surface area contributed by atoms with Crippen molar-refractivity contribution >= 4 is 0 Å². The van der Waals surface area contributed by atoms with Gasteiger partial charge in [0.05, 0.1) is 0 Å². The first-order valence-corrected chi connectivity index (χ1v) is 3.90. The summed E-state index contributed by atoms with van der Waals surface area (Å²) in [5, 5.41) is 8.85. The summed E-state index contributed by atoms with van der Waals surface area (Å²) in [6.07, 6.45) is 1.06. The third-order valence-corrected chi connectivity index (χ3v) is 1.89. The van der Waals surface area contributed by atoms with E-state index >= 15 is 0 Å². The average molecular weight is 142 g/mol. The molecule has 60 valence electrons. The van der Waals surface area contributed by atoms with Crippen molar-refractivity contribution in [1.82, 2.24) is 0 Å². The summed E-state index contributed by atoms with van der Waals surface area (Å²) in [5.74, 6) is 0.343. The van der Waals surface area contributed by atoms with Crippen molar-refractivity contribution in [3.8, 4) is 0 Å². The highest BCUT2D eigenvalue weighted by Gasteiger charge is 2.05. The molecule has 0 fully saturated rings. The van der Waals surface area contributed by atoms with Crippen LogP contribution in [-0.2, 0) is 0 Å². The maximum Gasteiger partial charge on any atom is 0.0493 e. The molecular weight excluding hydrogens is 124 g/mol. The van der Waals surface area contributed by atoms with Gasteiger partial charge in [-0.15, -0.1) is 0 Å². The number of hydrogen-bond acceptors (Lipinski definition) is 1. The molecule has 1 N–H and O–H groups in total. The van der Waals surface area contributed by atoms with Crippen LogP contribution >= 0.6 is 0 Å². The molecule has 0 saturated heterocycles. The van der Waals surface area contributed by atoms with Gasteiger partial charge in [0, 0.05) is 12.5 Å². The van der Waals surface area contributed by atoms with Crippen molar-refractivity contribution in [3.63, 3.8) is 0 Å². The van der Waals surface area contributed by atoms with Gasteiger partial charge in [-0.1, -0.05) is 25.0 Å². The standard InChI is InChI=1S/C9H18O/c1-5-9(7(2)3)8(4)6-10/h8,10H,5-6H2,1-4H3. The van der Waals surface area contributed by atoms with Crippen molar-refractivity contribution in [2.45, 2.75) is 34.1 Å². The van der Waals surface area contributed by atoms with E-state index in [0.717, 1.165) is 6.42 Å². The largest absolute Gasteiger partial charge is 0.396 e. The van der Waals surface area contributed by atoms with E-state index in [-0.39, 0.29) is 6.61 Å². The Morgan fingerprint density at radius 3 is 2.00 bits per heavy atom. The van der Waals surface area contributed by atoms with Gasteiger partial charge in [0.25, 0.3) is 0 Å². The molecule has 0 spiro atoms. The Morgan fingerprint density at radius 2 is 1.90 bits per heavy atom. The first kappa shape index (κ1) is 9.70. The van der Waals surface area contributed by atoms with Gasteiger partial charge in [-0.2, -0.15) is 0 Å². The van der Waals surface area contributed by atoms with Crippen molar-refractivity contribution in [2.75, 3.05) is 6.61 Å². The van der Waals surface area contributed by atoms with Gasteiger partial charge in [-0.3, -0.25) is 0 Å². The molecule has 0 aromatic carbocycles. The molecule has 0 heterocycles. The van der Waals surface area contributed by atoms with Crippen LogP contribution in [0.2, 0.25) is 0 Å². The molecule has 0 aromatic heterocycles. The molecule has 10 heavy (non-hydrogen) atoms. The maximum absolute atomic E-state index is 8.85. The molecular formula is C9H18O. The lowest BCUT2D eigenvalue weighted by molar-refractivity contribution is 0.253. The summed E-state index contributed by atoms with van der Waals surface area (Å²) < 4.78 is 0. The highest BCUT2D eigenvalue weighted by Crippen LogP contribution is 2.17. The van der Waals surface area contributed by atoms with Crippen LogP contribution in [-0.4, -0.2) is 11.7 Å². The Morgan fingerprint density at radius 1 is 1.40 bits per heavy atom. The minimum Gasteiger partial charge on any atom is -0.396 e. The van der Waals surface area contributed by atoms with Gasteiger partial charge < -0.3 is 5.11 Å². The van der Waals surface area contributed by atoms with Gasteiger partial charge in [-0.05, 0) is 20.3 Å². The normalized spacial score (nSPS) is 12.9. The van der Waals surface area contributed by atoms with E-state index < -0.39 is 0 Å². The van der Waals surface area contributed by atoms with Crippen LogP contribution in [0, 0.1) is 5.92 Å². The number of allylic oxidation sites excluding steroid dienone is 1. The molecule has 0 aliphatic carbocycles. The Bertz CT molecular complexity index is 121. The first-order valence-electron chi connectivity index (χ1n) is 3.90. The Kier molecular flexibility index (Phi) is 4.37. The van der Waals surface area contributed by atoms with E-state index in [1.54, 1.807) is 0 Å². The van der Waals surface area contributed by atoms with Gasteiger partial charge in [-0.25, -0.2) is 0 Å². The van der Waals surface area contributed by atoms with Crippen LogP contribution in [0.4, 0.5) is 0 Å². The summed E-state index contributed by atoms with van der Waals surface area (Å²) in [5.41, 5.74) is 2.74. The molecule has 0 saturated carbocycles. The second kappa shape index (κ2) is 4.51. The number of hydrogen-bond donors (Lipinski definition) is 1. The fraction of sp³-hybridized carbons (Fsp3) is 0.778. The quantitative estimate of drug-likeness (QED) is 0.600. The Labute approximate surface area is 63.8 Å². The van der Waals surface area contributed by atoms with Crippen LogP contribution in [0.15, 0.2) is 11.1 Å². The van der Waals surface area contributed by atoms with Crippen molar-refractivity contribution in [3.05, 3.63) is 11.1 Å². The van der Waals surface area contributed by atoms with Crippen LogP contribution in [0.5, 0.6) is 0 Å². The molecule has 0 amide bonds. The van der Waals surface area contributed by atoms with Gasteiger partial charge in [0.15, 0.2) is 0 Å². The lowest BCUT2D eigenvalue weighted by atomic mass is 9.96. The molecule has 1 heteroatoms. The molecule has 0 rings (SSSR count). The summed E-state index contributed by atoms with van der Waals surface area (Å²) in [7, 11) is 0. The molecule has 1 atom stereocenters. The van der Waals surface area contributed by atoms with Crippen LogP contribution in [0.25, 0.3) is 0 Å². The van der Waals surface area contributed by atoms with E-state index in [9.17, 15) is 0 Å². The summed E-state index contributed by atoms with van der Waals surface area (Å²) >= 11 is 0. The molecule has 0 aliphatic heterocycles. The number of aliphatic hydroxyl groups excluding tert-OH is 1. The molecule has 0 bridgehead atoms. The molecule has 1 unspecified atom stereocenters. The summed E-state index contributed by atoms with van der Waals surface area (Å²) in [6.45, 7) is 8.67. The van der Waals surface area contributed by atoms with E-state index in [4.69, 9.17) is 5.11 Å². The van der Waals surface area contributed by atoms with E-state index in [2.05, 4.69) is 27.7 Å². The van der Waals surface area contributed by atoms with Crippen LogP contribution < -0.4 is 0 Å². The van der Waals surface area contributed by atoms with Crippen molar-refractivity contribution in [1.29, 1.82) is 0 Å². The summed E-state index contributed by atoms with van der Waals surface area (Å²) in [6, 6.07) is 0. The minimum absolute atomic E-state index is 0.272. The monoisotopic (exact) mass is 142 g/mol. The second-order valence-corrected chi connectivity index (χ2v) is 2.96. The predicted octanol–water partition coefficient (Wildman–Crippen LogP) is 2.36. The van der Waals surface area contributed by atoms with E-state index in [1.807, 2.05) is 0 Å². The highest BCUT2D eigenvalue weighted by molar-refractivity contribution is 5.12. The van der Waals surface area contributed by atoms with Gasteiger partial charge >= 0.3 is 0 Å². The van der Waals surface area contributed by atoms with Gasteiger partial charge in [0.2, 0.25) is 0 Å². The third kappa shape index (κ3) is 2.53. The fourth-order valence-electron chi connectivity index (χ4n) is 1.31. The smallest absolute Gasteiger partial charge is 0.0493 e. The molecule has 0 aliphatic rings. The number of rotatable bonds is 3. The zero-order valence-corrected chi connectivity index (χ0v) is 7.44. The third-order valence-electron chi connectivity index (χ3n) is 1.89. The highest BCUT2D eigenvalue weighted by atomic mass is 16.3. The van der Waals surface area contributed by atoms with Crippen LogP contribution in [0.3, 0.4) is 0 Å². The lowest BCUT2D eigenvalue weighted by Gasteiger charge is -2.13. The topological polar surface area (TPSA) is 20.2 Å². The van der Waals surface area contributed by atoms with Gasteiger partial charge in [0.1, 0.15) is 0 Å². The summed E-state index contributed by atoms with van der Waals surface area (Å²) in [4.78, 5) is 0. The van der Waals surface area contributed by atoms with E-state index in [1.165, 1.54) is 11.1 Å². The Hall–Kier alpha value is -0.300. The van der Waals surface area contributed by atoms with Crippen molar-refractivity contribution < 1.29 is 5.11 Å². The molecule has 0 radical (unpaired) electrons. The van der Waals surface area contributed by atoms with Crippen LogP contribution in [0.1, 0.15) is 34.1 Å². The molecule has 1 nitrogen and oxygen atoms in total. The zero-order valence-electron chi connectivity index (χ0n) is 7.44. The zero-order chi connectivity index (χ0) is 8.15. The first-order chi connectivity index (χ1) is 4.63. The predicted molar refractivity (Wildman–Crippen MR) is 44.9 cm³/mol. The fourth-order valence-corrected chi connectivity index (χ4v) is 1.31. The molecule has 0 aromatic rings. The maximum atomic E-state index is 8.85. The Balaban J connectivity index is 4.21. The SMILES string of the molecule is CCC(=C(C)C)C(C)CO. The van der Waals surface area contributed by atoms with E-state index in [0.29, 0.717) is 5.92 Å². The minimum atomic E-state index is 0.272. The lowest BCUT2D eigenvalue weighted by Crippen LogP contribution is -2.05. The van der Waals surface area contributed by atoms with Crippen molar-refractivity contribution in [2.24, 2.45) is 5.92 Å². The second-order valence-electron chi connectivity index (χ2n) is 2.96.